The van der Waals surface area contributed by atoms with Crippen molar-refractivity contribution in [2.24, 2.45) is 7.05 Å². The minimum atomic E-state index is -0.0473. The molecule has 0 bridgehead atoms. The SMILES string of the molecule is COc1cc(C(C)C)ccc1C(=O)N1CCN(C(=O)c2ccn(C)c2)CC1. The third-order valence-corrected chi connectivity index (χ3v) is 5.06. The fraction of sp³-hybridized carbons (Fsp3) is 0.429. The molecule has 1 aromatic heterocycles. The van der Waals surface area contributed by atoms with Crippen LogP contribution in [0.5, 0.6) is 5.75 Å². The van der Waals surface area contributed by atoms with Crippen molar-refractivity contribution >= 4 is 11.8 Å². The molecule has 0 unspecified atom stereocenters. The van der Waals surface area contributed by atoms with Gasteiger partial charge in [0, 0.05) is 45.6 Å². The zero-order valence-electron chi connectivity index (χ0n) is 16.4. The number of piperazine rings is 1. The average Bonchev–Trinajstić information content (AvgIpc) is 3.12. The minimum Gasteiger partial charge on any atom is -0.496 e. The lowest BCUT2D eigenvalue weighted by atomic mass is 10.0. The maximum atomic E-state index is 12.9. The Morgan fingerprint density at radius 2 is 1.63 bits per heavy atom. The monoisotopic (exact) mass is 369 g/mol. The summed E-state index contributed by atoms with van der Waals surface area (Å²) in [5.74, 6) is 0.945. The first-order valence-electron chi connectivity index (χ1n) is 9.29. The largest absolute Gasteiger partial charge is 0.496 e. The Morgan fingerprint density at radius 3 is 2.15 bits per heavy atom. The number of benzene rings is 1. The fourth-order valence-electron chi connectivity index (χ4n) is 3.34. The quantitative estimate of drug-likeness (QED) is 0.833. The van der Waals surface area contributed by atoms with Gasteiger partial charge in [0.15, 0.2) is 0 Å². The van der Waals surface area contributed by atoms with E-state index in [1.165, 1.54) is 0 Å². The van der Waals surface area contributed by atoms with E-state index in [1.807, 2.05) is 48.3 Å². The molecular formula is C21H27N3O3. The molecule has 0 atom stereocenters. The Labute approximate surface area is 160 Å². The van der Waals surface area contributed by atoms with Gasteiger partial charge in [0.05, 0.1) is 18.2 Å². The first-order valence-corrected chi connectivity index (χ1v) is 9.29. The Morgan fingerprint density at radius 1 is 1.00 bits per heavy atom. The van der Waals surface area contributed by atoms with E-state index in [0.29, 0.717) is 49.0 Å². The molecule has 2 amide bonds. The van der Waals surface area contributed by atoms with Crippen LogP contribution in [0.3, 0.4) is 0 Å². The van der Waals surface area contributed by atoms with Crippen molar-refractivity contribution in [3.63, 3.8) is 0 Å². The van der Waals surface area contributed by atoms with Crippen molar-refractivity contribution in [1.29, 1.82) is 0 Å². The van der Waals surface area contributed by atoms with E-state index in [0.717, 1.165) is 5.56 Å². The second-order valence-electron chi connectivity index (χ2n) is 7.26. The molecule has 2 heterocycles. The molecule has 0 aliphatic carbocycles. The summed E-state index contributed by atoms with van der Waals surface area (Å²) >= 11 is 0. The van der Waals surface area contributed by atoms with Gasteiger partial charge >= 0.3 is 0 Å². The van der Waals surface area contributed by atoms with Gasteiger partial charge in [-0.1, -0.05) is 19.9 Å². The van der Waals surface area contributed by atoms with Crippen molar-refractivity contribution in [3.8, 4) is 5.75 Å². The van der Waals surface area contributed by atoms with Crippen molar-refractivity contribution in [3.05, 3.63) is 53.3 Å². The molecule has 1 aliphatic rings. The Balaban J connectivity index is 1.67. The number of amides is 2. The van der Waals surface area contributed by atoms with Crippen LogP contribution >= 0.6 is 0 Å². The van der Waals surface area contributed by atoms with Crippen molar-refractivity contribution in [2.45, 2.75) is 19.8 Å². The van der Waals surface area contributed by atoms with Gasteiger partial charge in [-0.2, -0.15) is 0 Å². The fourth-order valence-corrected chi connectivity index (χ4v) is 3.34. The average molecular weight is 369 g/mol. The van der Waals surface area contributed by atoms with Crippen LogP contribution in [0.4, 0.5) is 0 Å². The first kappa shape index (κ1) is 19.0. The predicted molar refractivity (Wildman–Crippen MR) is 104 cm³/mol. The standard InChI is InChI=1S/C21H27N3O3/c1-15(2)16-5-6-18(19(13-16)27-4)21(26)24-11-9-23(10-12-24)20(25)17-7-8-22(3)14-17/h5-8,13-15H,9-12H2,1-4H3. The molecule has 1 aromatic carbocycles. The minimum absolute atomic E-state index is 0.0153. The predicted octanol–water partition coefficient (Wildman–Crippen LogP) is 2.76. The highest BCUT2D eigenvalue weighted by Crippen LogP contribution is 2.26. The number of aromatic nitrogens is 1. The zero-order valence-corrected chi connectivity index (χ0v) is 16.4. The van der Waals surface area contributed by atoms with E-state index in [-0.39, 0.29) is 11.8 Å². The third-order valence-electron chi connectivity index (χ3n) is 5.06. The van der Waals surface area contributed by atoms with Gasteiger partial charge in [-0.05, 0) is 29.7 Å². The first-order chi connectivity index (χ1) is 12.9. The van der Waals surface area contributed by atoms with Crippen molar-refractivity contribution < 1.29 is 14.3 Å². The molecular weight excluding hydrogens is 342 g/mol. The van der Waals surface area contributed by atoms with Crippen molar-refractivity contribution in [1.82, 2.24) is 14.4 Å². The smallest absolute Gasteiger partial charge is 0.257 e. The number of hydrogen-bond donors (Lipinski definition) is 0. The van der Waals surface area contributed by atoms with Gasteiger partial charge in [-0.3, -0.25) is 9.59 Å². The number of ether oxygens (including phenoxy) is 1. The molecule has 6 nitrogen and oxygen atoms in total. The molecule has 1 fully saturated rings. The highest BCUT2D eigenvalue weighted by atomic mass is 16.5. The van der Waals surface area contributed by atoms with Gasteiger partial charge in [0.25, 0.3) is 11.8 Å². The van der Waals surface area contributed by atoms with Crippen LogP contribution in [0.1, 0.15) is 46.0 Å². The third kappa shape index (κ3) is 3.99. The summed E-state index contributed by atoms with van der Waals surface area (Å²) in [5, 5.41) is 0. The van der Waals surface area contributed by atoms with Crippen LogP contribution in [-0.2, 0) is 7.05 Å². The number of hydrogen-bond acceptors (Lipinski definition) is 3. The summed E-state index contributed by atoms with van der Waals surface area (Å²) < 4.78 is 7.31. The van der Waals surface area contributed by atoms with Gasteiger partial charge in [0.1, 0.15) is 5.75 Å². The van der Waals surface area contributed by atoms with Gasteiger partial charge in [0.2, 0.25) is 0 Å². The van der Waals surface area contributed by atoms with E-state index < -0.39 is 0 Å². The van der Waals surface area contributed by atoms with Gasteiger partial charge in [-0.25, -0.2) is 0 Å². The van der Waals surface area contributed by atoms with Crippen LogP contribution < -0.4 is 4.74 Å². The highest BCUT2D eigenvalue weighted by molar-refractivity contribution is 5.97. The highest BCUT2D eigenvalue weighted by Gasteiger charge is 2.27. The molecule has 2 aromatic rings. The summed E-state index contributed by atoms with van der Waals surface area (Å²) in [7, 11) is 3.48. The normalized spacial score (nSPS) is 14.6. The number of aryl methyl sites for hydroxylation is 1. The lowest BCUT2D eigenvalue weighted by Gasteiger charge is -2.35. The summed E-state index contributed by atoms with van der Waals surface area (Å²) in [6.07, 6.45) is 3.68. The van der Waals surface area contributed by atoms with Gasteiger partial charge in [-0.15, -0.1) is 0 Å². The Kier molecular flexibility index (Phi) is 5.54. The number of carbonyl (C=O) groups excluding carboxylic acids is 2. The molecule has 0 spiro atoms. The van der Waals surface area contributed by atoms with Crippen LogP contribution in [0.25, 0.3) is 0 Å². The summed E-state index contributed by atoms with van der Waals surface area (Å²) in [6.45, 7) is 6.33. The molecule has 27 heavy (non-hydrogen) atoms. The van der Waals surface area contributed by atoms with E-state index in [9.17, 15) is 9.59 Å². The number of methoxy groups -OCH3 is 1. The lowest BCUT2D eigenvalue weighted by Crippen LogP contribution is -2.50. The maximum absolute atomic E-state index is 12.9. The molecule has 0 saturated carbocycles. The second-order valence-corrected chi connectivity index (χ2v) is 7.26. The van der Waals surface area contributed by atoms with Gasteiger partial charge < -0.3 is 19.1 Å². The Hall–Kier alpha value is -2.76. The molecule has 6 heteroatoms. The summed E-state index contributed by atoms with van der Waals surface area (Å²) in [5.41, 5.74) is 2.40. The van der Waals surface area contributed by atoms with Crippen LogP contribution in [0.15, 0.2) is 36.7 Å². The second kappa shape index (κ2) is 7.86. The van der Waals surface area contributed by atoms with Crippen LogP contribution in [0.2, 0.25) is 0 Å². The number of nitrogens with zero attached hydrogens (tertiary/aromatic N) is 3. The lowest BCUT2D eigenvalue weighted by molar-refractivity contribution is 0.0533. The summed E-state index contributed by atoms with van der Waals surface area (Å²) in [4.78, 5) is 29.1. The molecule has 0 N–H and O–H groups in total. The maximum Gasteiger partial charge on any atom is 0.257 e. The zero-order chi connectivity index (χ0) is 19.6. The molecule has 1 saturated heterocycles. The number of rotatable bonds is 4. The summed E-state index contributed by atoms with van der Waals surface area (Å²) in [6, 6.07) is 7.58. The Bertz CT molecular complexity index is 833. The molecule has 144 valence electrons. The van der Waals surface area contributed by atoms with Crippen LogP contribution in [-0.4, -0.2) is 59.5 Å². The van der Waals surface area contributed by atoms with E-state index >= 15 is 0 Å². The molecule has 1 aliphatic heterocycles. The topological polar surface area (TPSA) is 54.8 Å². The van der Waals surface area contributed by atoms with Crippen LogP contribution in [0, 0.1) is 0 Å². The molecule has 0 radical (unpaired) electrons. The molecule has 3 rings (SSSR count). The van der Waals surface area contributed by atoms with E-state index in [4.69, 9.17) is 4.74 Å². The van der Waals surface area contributed by atoms with E-state index in [1.54, 1.807) is 16.9 Å². The number of carbonyl (C=O) groups is 2. The van der Waals surface area contributed by atoms with Crippen molar-refractivity contribution in [2.75, 3.05) is 33.3 Å². The van der Waals surface area contributed by atoms with E-state index in [2.05, 4.69) is 13.8 Å².